The van der Waals surface area contributed by atoms with Gasteiger partial charge in [-0.3, -0.25) is 19.3 Å². The molecule has 1 aliphatic heterocycles. The predicted molar refractivity (Wildman–Crippen MR) is 103 cm³/mol. The molecule has 6 nitrogen and oxygen atoms in total. The Balaban J connectivity index is 1.80. The molecule has 3 rings (SSSR count). The average molecular weight is 441 g/mol. The number of ether oxygens (including phenoxy) is 1. The molecule has 10 heteroatoms. The van der Waals surface area contributed by atoms with Gasteiger partial charge in [-0.15, -0.1) is 0 Å². The van der Waals surface area contributed by atoms with E-state index in [1.807, 2.05) is 0 Å². The summed E-state index contributed by atoms with van der Waals surface area (Å²) in [4.78, 5) is 37.1. The molecule has 0 fully saturated rings. The molecule has 2 aromatic carbocycles. The van der Waals surface area contributed by atoms with Gasteiger partial charge in [-0.05, 0) is 23.8 Å². The average Bonchev–Trinajstić information content (AvgIpc) is 2.83. The van der Waals surface area contributed by atoms with E-state index in [0.717, 1.165) is 0 Å². The summed E-state index contributed by atoms with van der Waals surface area (Å²) in [5, 5.41) is 2.68. The fraction of sp³-hybridized carbons (Fsp3) is 0.250. The number of rotatable bonds is 4. The number of anilines is 2. The molecule has 0 spiro atoms. The lowest BCUT2D eigenvalue weighted by Crippen LogP contribution is -2.51. The summed E-state index contributed by atoms with van der Waals surface area (Å²) in [5.74, 6) is -2.80. The first kappa shape index (κ1) is 21.6. The van der Waals surface area contributed by atoms with Crippen molar-refractivity contribution in [2.24, 2.45) is 0 Å². The SMILES string of the molecule is O=C1CC(C(F)(F)F)N(C(=O)COC(=O)Cc2ccccc2Cl)c2ccccc2N1. The molecule has 0 aliphatic carbocycles. The Morgan fingerprint density at radius 1 is 1.13 bits per heavy atom. The van der Waals surface area contributed by atoms with Crippen LogP contribution in [0.2, 0.25) is 5.02 Å². The molecule has 0 radical (unpaired) electrons. The number of amides is 2. The van der Waals surface area contributed by atoms with Gasteiger partial charge in [0.1, 0.15) is 6.04 Å². The van der Waals surface area contributed by atoms with Crippen molar-refractivity contribution >= 4 is 40.8 Å². The van der Waals surface area contributed by atoms with Crippen LogP contribution in [0, 0.1) is 0 Å². The normalized spacial score (nSPS) is 16.3. The number of esters is 1. The fourth-order valence-electron chi connectivity index (χ4n) is 3.06. The number of alkyl halides is 3. The van der Waals surface area contributed by atoms with Crippen LogP contribution in [0.3, 0.4) is 0 Å². The highest BCUT2D eigenvalue weighted by Gasteiger charge is 2.49. The summed E-state index contributed by atoms with van der Waals surface area (Å²) >= 11 is 5.96. The molecular weight excluding hydrogens is 425 g/mol. The Kier molecular flexibility index (Phi) is 6.31. The Morgan fingerprint density at radius 3 is 2.50 bits per heavy atom. The van der Waals surface area contributed by atoms with Gasteiger partial charge in [0.05, 0.1) is 24.2 Å². The van der Waals surface area contributed by atoms with Crippen molar-refractivity contribution < 1.29 is 32.3 Å². The van der Waals surface area contributed by atoms with Crippen molar-refractivity contribution in [1.29, 1.82) is 0 Å². The van der Waals surface area contributed by atoms with E-state index in [2.05, 4.69) is 5.32 Å². The number of hydrogen-bond donors (Lipinski definition) is 1. The minimum Gasteiger partial charge on any atom is -0.455 e. The standard InChI is InChI=1S/C20H16ClF3N2O4/c21-13-6-2-1-5-12(13)9-19(29)30-11-18(28)26-15-8-4-3-7-14(15)25-17(27)10-16(26)20(22,23)24/h1-8,16H,9-11H2,(H,25,27). The van der Waals surface area contributed by atoms with Gasteiger partial charge in [0.15, 0.2) is 6.61 Å². The van der Waals surface area contributed by atoms with Crippen LogP contribution in [0.1, 0.15) is 12.0 Å². The van der Waals surface area contributed by atoms with Crippen LogP contribution in [-0.4, -0.2) is 36.6 Å². The number of benzene rings is 2. The van der Waals surface area contributed by atoms with E-state index in [9.17, 15) is 27.6 Å². The van der Waals surface area contributed by atoms with Crippen LogP contribution in [0.4, 0.5) is 24.5 Å². The van der Waals surface area contributed by atoms with Crippen LogP contribution < -0.4 is 10.2 Å². The zero-order valence-electron chi connectivity index (χ0n) is 15.4. The second-order valence-corrected chi connectivity index (χ2v) is 6.93. The lowest BCUT2D eigenvalue weighted by atomic mass is 10.1. The molecule has 1 unspecified atom stereocenters. The van der Waals surface area contributed by atoms with Crippen molar-refractivity contribution in [3.05, 3.63) is 59.1 Å². The summed E-state index contributed by atoms with van der Waals surface area (Å²) in [6.07, 6.45) is -6.09. The second-order valence-electron chi connectivity index (χ2n) is 6.52. The highest BCUT2D eigenvalue weighted by molar-refractivity contribution is 6.31. The number of halogens is 4. The summed E-state index contributed by atoms with van der Waals surface area (Å²) in [6, 6.07) is 9.71. The van der Waals surface area contributed by atoms with E-state index in [-0.39, 0.29) is 17.8 Å². The van der Waals surface area contributed by atoms with E-state index in [4.69, 9.17) is 16.3 Å². The number of para-hydroxylation sites is 2. The Morgan fingerprint density at radius 2 is 1.80 bits per heavy atom. The molecule has 0 saturated carbocycles. The van der Waals surface area contributed by atoms with Gasteiger partial charge in [0.2, 0.25) is 5.91 Å². The van der Waals surface area contributed by atoms with E-state index in [1.54, 1.807) is 24.3 Å². The number of nitrogens with zero attached hydrogens (tertiary/aromatic N) is 1. The lowest BCUT2D eigenvalue weighted by Gasteiger charge is -2.31. The third kappa shape index (κ3) is 4.91. The van der Waals surface area contributed by atoms with Crippen molar-refractivity contribution in [1.82, 2.24) is 0 Å². The number of nitrogens with one attached hydrogen (secondary N) is 1. The first-order chi connectivity index (χ1) is 14.2. The topological polar surface area (TPSA) is 75.7 Å². The lowest BCUT2D eigenvalue weighted by molar-refractivity contribution is -0.160. The van der Waals surface area contributed by atoms with Crippen LogP contribution >= 0.6 is 11.6 Å². The Labute approximate surface area is 174 Å². The largest absolute Gasteiger partial charge is 0.455 e. The molecule has 2 amide bonds. The zero-order chi connectivity index (χ0) is 21.9. The number of hydrogen-bond acceptors (Lipinski definition) is 4. The molecule has 1 heterocycles. The molecular formula is C20H16ClF3N2O4. The zero-order valence-corrected chi connectivity index (χ0v) is 16.2. The van der Waals surface area contributed by atoms with Gasteiger partial charge in [0, 0.05) is 5.02 Å². The van der Waals surface area contributed by atoms with E-state index < -0.39 is 43.0 Å². The van der Waals surface area contributed by atoms with Crippen molar-refractivity contribution in [2.75, 3.05) is 16.8 Å². The molecule has 1 N–H and O–H groups in total. The summed E-state index contributed by atoms with van der Waals surface area (Å²) in [7, 11) is 0. The highest BCUT2D eigenvalue weighted by atomic mass is 35.5. The number of carbonyl (C=O) groups excluding carboxylic acids is 3. The van der Waals surface area contributed by atoms with Crippen molar-refractivity contribution in [3.8, 4) is 0 Å². The molecule has 0 aromatic heterocycles. The van der Waals surface area contributed by atoms with Gasteiger partial charge < -0.3 is 10.1 Å². The number of fused-ring (bicyclic) bond motifs is 1. The molecule has 2 aromatic rings. The Bertz CT molecular complexity index is 981. The third-order valence-corrected chi connectivity index (χ3v) is 4.79. The van der Waals surface area contributed by atoms with Gasteiger partial charge in [-0.2, -0.15) is 13.2 Å². The van der Waals surface area contributed by atoms with E-state index >= 15 is 0 Å². The molecule has 30 heavy (non-hydrogen) atoms. The molecule has 0 saturated heterocycles. The van der Waals surface area contributed by atoms with Gasteiger partial charge in [0.25, 0.3) is 5.91 Å². The van der Waals surface area contributed by atoms with Gasteiger partial charge in [-0.25, -0.2) is 0 Å². The molecule has 1 aliphatic rings. The smallest absolute Gasteiger partial charge is 0.409 e. The monoisotopic (exact) mass is 440 g/mol. The molecule has 158 valence electrons. The third-order valence-electron chi connectivity index (χ3n) is 4.42. The van der Waals surface area contributed by atoms with Gasteiger partial charge in [-0.1, -0.05) is 41.9 Å². The summed E-state index contributed by atoms with van der Waals surface area (Å²) in [6.45, 7) is -0.918. The maximum absolute atomic E-state index is 13.6. The van der Waals surface area contributed by atoms with Crippen LogP contribution in [0.15, 0.2) is 48.5 Å². The van der Waals surface area contributed by atoms with Crippen molar-refractivity contribution in [3.63, 3.8) is 0 Å². The summed E-state index contributed by atoms with van der Waals surface area (Å²) in [5.41, 5.74) is 0.391. The minimum atomic E-state index is -4.87. The molecule has 1 atom stereocenters. The first-order valence-electron chi connectivity index (χ1n) is 8.83. The maximum Gasteiger partial charge on any atom is 0.409 e. The maximum atomic E-state index is 13.6. The van der Waals surface area contributed by atoms with Gasteiger partial charge >= 0.3 is 12.1 Å². The van der Waals surface area contributed by atoms with E-state index in [0.29, 0.717) is 15.5 Å². The number of carbonyl (C=O) groups is 3. The fourth-order valence-corrected chi connectivity index (χ4v) is 3.26. The molecule has 0 bridgehead atoms. The summed E-state index contributed by atoms with van der Waals surface area (Å²) < 4.78 is 45.8. The minimum absolute atomic E-state index is 0.0602. The quantitative estimate of drug-likeness (QED) is 0.735. The van der Waals surface area contributed by atoms with Crippen LogP contribution in [-0.2, 0) is 25.5 Å². The van der Waals surface area contributed by atoms with E-state index in [1.165, 1.54) is 24.3 Å². The van der Waals surface area contributed by atoms with Crippen molar-refractivity contribution in [2.45, 2.75) is 25.1 Å². The first-order valence-corrected chi connectivity index (χ1v) is 9.21. The highest BCUT2D eigenvalue weighted by Crippen LogP contribution is 2.37. The van der Waals surface area contributed by atoms with Crippen LogP contribution in [0.25, 0.3) is 0 Å². The Hall–Kier alpha value is -3.07. The predicted octanol–water partition coefficient (Wildman–Crippen LogP) is 3.73. The van der Waals surface area contributed by atoms with Crippen LogP contribution in [0.5, 0.6) is 0 Å². The second kappa shape index (κ2) is 8.74.